The van der Waals surface area contributed by atoms with Crippen molar-refractivity contribution in [2.24, 2.45) is 0 Å². The van der Waals surface area contributed by atoms with Crippen LogP contribution in [-0.4, -0.2) is 5.91 Å². The summed E-state index contributed by atoms with van der Waals surface area (Å²) < 4.78 is 1.13. The number of hydrogen-bond donors (Lipinski definition) is 1. The SMILES string of the molecule is CCC(=O)Nc1cccc(I)c1. The van der Waals surface area contributed by atoms with Gasteiger partial charge in [0.25, 0.3) is 0 Å². The van der Waals surface area contributed by atoms with Crippen LogP contribution in [0.5, 0.6) is 0 Å². The van der Waals surface area contributed by atoms with E-state index in [1.54, 1.807) is 0 Å². The first-order valence-corrected chi connectivity index (χ1v) is 4.85. The topological polar surface area (TPSA) is 29.1 Å². The van der Waals surface area contributed by atoms with Crippen LogP contribution in [0.25, 0.3) is 0 Å². The summed E-state index contributed by atoms with van der Waals surface area (Å²) >= 11 is 2.21. The van der Waals surface area contributed by atoms with E-state index in [2.05, 4.69) is 27.9 Å². The molecule has 1 rings (SSSR count). The second-order valence-corrected chi connectivity index (χ2v) is 3.66. The third-order valence-electron chi connectivity index (χ3n) is 1.43. The predicted molar refractivity (Wildman–Crippen MR) is 58.1 cm³/mol. The minimum atomic E-state index is 0.0528. The van der Waals surface area contributed by atoms with E-state index in [1.807, 2.05) is 31.2 Å². The van der Waals surface area contributed by atoms with Crippen molar-refractivity contribution in [3.8, 4) is 0 Å². The second-order valence-electron chi connectivity index (χ2n) is 2.41. The summed E-state index contributed by atoms with van der Waals surface area (Å²) in [5.74, 6) is 0.0528. The predicted octanol–water partition coefficient (Wildman–Crippen LogP) is 2.64. The number of nitrogens with one attached hydrogen (secondary N) is 1. The molecular formula is C9H10INO. The highest BCUT2D eigenvalue weighted by Gasteiger charge is 1.97. The fraction of sp³-hybridized carbons (Fsp3) is 0.222. The molecule has 3 heteroatoms. The van der Waals surface area contributed by atoms with E-state index in [0.29, 0.717) is 6.42 Å². The molecule has 1 N–H and O–H groups in total. The van der Waals surface area contributed by atoms with Crippen molar-refractivity contribution >= 4 is 34.2 Å². The van der Waals surface area contributed by atoms with Gasteiger partial charge in [-0.3, -0.25) is 4.79 Å². The monoisotopic (exact) mass is 275 g/mol. The fourth-order valence-corrected chi connectivity index (χ4v) is 1.36. The molecule has 0 fully saturated rings. The van der Waals surface area contributed by atoms with Gasteiger partial charge in [-0.1, -0.05) is 13.0 Å². The molecule has 0 aromatic heterocycles. The van der Waals surface area contributed by atoms with E-state index < -0.39 is 0 Å². The zero-order valence-electron chi connectivity index (χ0n) is 6.80. The Balaban J connectivity index is 2.69. The molecule has 12 heavy (non-hydrogen) atoms. The molecule has 0 saturated heterocycles. The maximum absolute atomic E-state index is 11.0. The van der Waals surface area contributed by atoms with E-state index in [9.17, 15) is 4.79 Å². The Morgan fingerprint density at radius 2 is 2.33 bits per heavy atom. The van der Waals surface area contributed by atoms with Gasteiger partial charge in [0.1, 0.15) is 0 Å². The largest absolute Gasteiger partial charge is 0.326 e. The van der Waals surface area contributed by atoms with Crippen LogP contribution >= 0.6 is 22.6 Å². The molecule has 1 aromatic rings. The van der Waals surface area contributed by atoms with Gasteiger partial charge in [-0.25, -0.2) is 0 Å². The van der Waals surface area contributed by atoms with Crippen molar-refractivity contribution < 1.29 is 4.79 Å². The number of halogens is 1. The minimum absolute atomic E-state index is 0.0528. The molecule has 0 radical (unpaired) electrons. The second kappa shape index (κ2) is 4.45. The van der Waals surface area contributed by atoms with Gasteiger partial charge in [0.05, 0.1) is 0 Å². The summed E-state index contributed by atoms with van der Waals surface area (Å²) in [6.07, 6.45) is 0.519. The molecule has 0 aliphatic heterocycles. The first-order valence-electron chi connectivity index (χ1n) is 3.78. The minimum Gasteiger partial charge on any atom is -0.326 e. The normalized spacial score (nSPS) is 9.50. The van der Waals surface area contributed by atoms with Gasteiger partial charge >= 0.3 is 0 Å². The number of carbonyl (C=O) groups is 1. The molecule has 1 aromatic carbocycles. The van der Waals surface area contributed by atoms with Gasteiger partial charge < -0.3 is 5.32 Å². The fourth-order valence-electron chi connectivity index (χ4n) is 0.816. The number of carbonyl (C=O) groups excluding carboxylic acids is 1. The van der Waals surface area contributed by atoms with Crippen LogP contribution in [0.4, 0.5) is 5.69 Å². The zero-order chi connectivity index (χ0) is 8.97. The van der Waals surface area contributed by atoms with Crippen LogP contribution in [0.1, 0.15) is 13.3 Å². The van der Waals surface area contributed by atoms with E-state index in [1.165, 1.54) is 0 Å². The number of rotatable bonds is 2. The van der Waals surface area contributed by atoms with Crippen LogP contribution < -0.4 is 5.32 Å². The van der Waals surface area contributed by atoms with Gasteiger partial charge in [-0.15, -0.1) is 0 Å². The number of anilines is 1. The van der Waals surface area contributed by atoms with Crippen LogP contribution in [0.3, 0.4) is 0 Å². The smallest absolute Gasteiger partial charge is 0.224 e. The maximum atomic E-state index is 11.0. The average Bonchev–Trinajstić information content (AvgIpc) is 2.04. The van der Waals surface area contributed by atoms with Crippen molar-refractivity contribution in [2.45, 2.75) is 13.3 Å². The highest BCUT2D eigenvalue weighted by Crippen LogP contribution is 2.12. The van der Waals surface area contributed by atoms with Gasteiger partial charge in [0.15, 0.2) is 0 Å². The van der Waals surface area contributed by atoms with E-state index in [0.717, 1.165) is 9.26 Å². The molecule has 2 nitrogen and oxygen atoms in total. The lowest BCUT2D eigenvalue weighted by molar-refractivity contribution is -0.115. The Bertz CT molecular complexity index is 286. The third kappa shape index (κ3) is 2.81. The lowest BCUT2D eigenvalue weighted by Gasteiger charge is -2.02. The van der Waals surface area contributed by atoms with Crippen molar-refractivity contribution in [2.75, 3.05) is 5.32 Å². The summed E-state index contributed by atoms with van der Waals surface area (Å²) in [4.78, 5) is 11.0. The maximum Gasteiger partial charge on any atom is 0.224 e. The van der Waals surface area contributed by atoms with Crippen LogP contribution in [0, 0.1) is 3.57 Å². The Morgan fingerprint density at radius 3 is 2.92 bits per heavy atom. The highest BCUT2D eigenvalue weighted by molar-refractivity contribution is 14.1. The van der Waals surface area contributed by atoms with Crippen LogP contribution in [0.15, 0.2) is 24.3 Å². The van der Waals surface area contributed by atoms with Gasteiger partial charge in [0, 0.05) is 15.7 Å². The number of benzene rings is 1. The quantitative estimate of drug-likeness (QED) is 0.826. The number of amides is 1. The molecule has 0 atom stereocenters. The molecule has 0 heterocycles. The van der Waals surface area contributed by atoms with Gasteiger partial charge in [-0.05, 0) is 40.8 Å². The molecule has 0 bridgehead atoms. The summed E-state index contributed by atoms with van der Waals surface area (Å²) in [5, 5.41) is 2.79. The summed E-state index contributed by atoms with van der Waals surface area (Å²) in [6.45, 7) is 1.84. The summed E-state index contributed by atoms with van der Waals surface area (Å²) in [7, 11) is 0. The Hall–Kier alpha value is -0.580. The molecule has 0 aliphatic carbocycles. The van der Waals surface area contributed by atoms with Gasteiger partial charge in [0.2, 0.25) is 5.91 Å². The first kappa shape index (κ1) is 9.51. The number of hydrogen-bond acceptors (Lipinski definition) is 1. The highest BCUT2D eigenvalue weighted by atomic mass is 127. The van der Waals surface area contributed by atoms with Gasteiger partial charge in [-0.2, -0.15) is 0 Å². The average molecular weight is 275 g/mol. The van der Waals surface area contributed by atoms with Crippen LogP contribution in [-0.2, 0) is 4.79 Å². The van der Waals surface area contributed by atoms with E-state index >= 15 is 0 Å². The van der Waals surface area contributed by atoms with E-state index in [4.69, 9.17) is 0 Å². The summed E-state index contributed by atoms with van der Waals surface area (Å²) in [6, 6.07) is 7.74. The van der Waals surface area contributed by atoms with E-state index in [-0.39, 0.29) is 5.91 Å². The van der Waals surface area contributed by atoms with Crippen LogP contribution in [0.2, 0.25) is 0 Å². The lowest BCUT2D eigenvalue weighted by Crippen LogP contribution is -2.09. The molecular weight excluding hydrogens is 265 g/mol. The standard InChI is InChI=1S/C9H10INO/c1-2-9(12)11-8-5-3-4-7(10)6-8/h3-6H,2H2,1H3,(H,11,12). The Morgan fingerprint density at radius 1 is 1.58 bits per heavy atom. The molecule has 0 unspecified atom stereocenters. The molecule has 0 aliphatic rings. The Labute approximate surface area is 85.5 Å². The van der Waals surface area contributed by atoms with Crippen molar-refractivity contribution in [3.05, 3.63) is 27.8 Å². The Kier molecular flexibility index (Phi) is 3.52. The van der Waals surface area contributed by atoms with Crippen molar-refractivity contribution in [3.63, 3.8) is 0 Å². The molecule has 0 saturated carbocycles. The molecule has 1 amide bonds. The third-order valence-corrected chi connectivity index (χ3v) is 2.10. The summed E-state index contributed by atoms with van der Waals surface area (Å²) in [5.41, 5.74) is 0.869. The molecule has 64 valence electrons. The molecule has 0 spiro atoms. The lowest BCUT2D eigenvalue weighted by atomic mass is 10.3. The van der Waals surface area contributed by atoms with Crippen molar-refractivity contribution in [1.82, 2.24) is 0 Å². The zero-order valence-corrected chi connectivity index (χ0v) is 8.96. The first-order chi connectivity index (χ1) is 5.72. The van der Waals surface area contributed by atoms with Crippen molar-refractivity contribution in [1.29, 1.82) is 0 Å².